The molecule has 1 aromatic heterocycles. The predicted molar refractivity (Wildman–Crippen MR) is 132 cm³/mol. The molecule has 0 spiro atoms. The molecule has 0 aliphatic carbocycles. The summed E-state index contributed by atoms with van der Waals surface area (Å²) in [5, 5.41) is 17.1. The minimum Gasteiger partial charge on any atom is -0.396 e. The van der Waals surface area contributed by atoms with Crippen molar-refractivity contribution in [1.82, 2.24) is 15.0 Å². The van der Waals surface area contributed by atoms with E-state index in [0.717, 1.165) is 42.0 Å². The van der Waals surface area contributed by atoms with Crippen molar-refractivity contribution in [3.8, 4) is 0 Å². The topological polar surface area (TPSA) is 80.5 Å². The lowest BCUT2D eigenvalue weighted by Gasteiger charge is -2.30. The minimum atomic E-state index is -0.0860. The summed E-state index contributed by atoms with van der Waals surface area (Å²) in [6.07, 6.45) is 8.77. The van der Waals surface area contributed by atoms with Crippen molar-refractivity contribution in [2.75, 3.05) is 18.6 Å². The number of amides is 1. The molecule has 2 atom stereocenters. The number of hydrogen-bond acceptors (Lipinski definition) is 5. The number of hydrogen-bond donors (Lipinski definition) is 1. The molecule has 0 saturated heterocycles. The van der Waals surface area contributed by atoms with Crippen molar-refractivity contribution in [2.45, 2.75) is 45.3 Å². The lowest BCUT2D eigenvalue weighted by atomic mass is 9.95. The molecular weight excluding hydrogens is 428 g/mol. The Balaban J connectivity index is 1.39. The van der Waals surface area contributed by atoms with Gasteiger partial charge in [0, 0.05) is 50.9 Å². The summed E-state index contributed by atoms with van der Waals surface area (Å²) in [6.45, 7) is 2.95. The van der Waals surface area contributed by atoms with Gasteiger partial charge in [-0.15, -0.1) is 5.10 Å². The number of rotatable bonds is 10. The molecular formula is C27H32N4O3. The van der Waals surface area contributed by atoms with Gasteiger partial charge in [-0.25, -0.2) is 0 Å². The molecule has 1 aliphatic heterocycles. The van der Waals surface area contributed by atoms with E-state index in [1.54, 1.807) is 11.8 Å². The highest BCUT2D eigenvalue weighted by Gasteiger charge is 2.25. The zero-order valence-corrected chi connectivity index (χ0v) is 19.8. The molecule has 2 heterocycles. The van der Waals surface area contributed by atoms with Crippen LogP contribution in [0.2, 0.25) is 0 Å². The second kappa shape index (κ2) is 11.2. The van der Waals surface area contributed by atoms with E-state index in [-0.39, 0.29) is 24.5 Å². The van der Waals surface area contributed by atoms with E-state index in [9.17, 15) is 4.79 Å². The highest BCUT2D eigenvalue weighted by Crippen LogP contribution is 2.35. The number of carbonyl (C=O) groups is 1. The predicted octanol–water partition coefficient (Wildman–Crippen LogP) is 4.39. The molecule has 7 heteroatoms. The molecule has 7 nitrogen and oxygen atoms in total. The van der Waals surface area contributed by atoms with Gasteiger partial charge in [-0.05, 0) is 42.2 Å². The van der Waals surface area contributed by atoms with Crippen molar-refractivity contribution in [2.24, 2.45) is 5.92 Å². The summed E-state index contributed by atoms with van der Waals surface area (Å²) in [6, 6.07) is 16.2. The Morgan fingerprint density at radius 3 is 2.71 bits per heavy atom. The number of aromatic nitrogens is 3. The fourth-order valence-electron chi connectivity index (χ4n) is 4.47. The third-order valence-corrected chi connectivity index (χ3v) is 6.22. The van der Waals surface area contributed by atoms with Crippen LogP contribution in [-0.2, 0) is 28.9 Å². The lowest BCUT2D eigenvalue weighted by Crippen LogP contribution is -2.30. The number of allylic oxidation sites excluding steroid dienone is 1. The first-order valence-corrected chi connectivity index (χ1v) is 11.8. The quantitative estimate of drug-likeness (QED) is 0.454. The smallest absolute Gasteiger partial charge is 0.231 e. The van der Waals surface area contributed by atoms with Gasteiger partial charge >= 0.3 is 0 Å². The number of anilines is 2. The normalized spacial score (nSPS) is 15.5. The molecule has 1 aliphatic rings. The zero-order valence-electron chi connectivity index (χ0n) is 19.8. The zero-order chi connectivity index (χ0) is 23.9. The van der Waals surface area contributed by atoms with Crippen LogP contribution in [0.25, 0.3) is 0 Å². The summed E-state index contributed by atoms with van der Waals surface area (Å²) in [5.74, 6) is 0.302. The third kappa shape index (κ3) is 5.43. The fraction of sp³-hybridized carbons (Fsp3) is 0.370. The van der Waals surface area contributed by atoms with Crippen LogP contribution >= 0.6 is 0 Å². The van der Waals surface area contributed by atoms with Gasteiger partial charge in [-0.2, -0.15) is 0 Å². The van der Waals surface area contributed by atoms with Gasteiger partial charge in [0.2, 0.25) is 5.91 Å². The van der Waals surface area contributed by atoms with Crippen molar-refractivity contribution < 1.29 is 14.6 Å². The van der Waals surface area contributed by atoms with Crippen LogP contribution in [0.5, 0.6) is 0 Å². The molecule has 0 radical (unpaired) electrons. The number of ether oxygens (including phenoxy) is 1. The van der Waals surface area contributed by atoms with Crippen LogP contribution < -0.4 is 4.90 Å². The maximum Gasteiger partial charge on any atom is 0.231 e. The highest BCUT2D eigenvalue weighted by atomic mass is 16.5. The van der Waals surface area contributed by atoms with E-state index < -0.39 is 0 Å². The highest BCUT2D eigenvalue weighted by molar-refractivity contribution is 6.03. The van der Waals surface area contributed by atoms with Gasteiger partial charge in [0.15, 0.2) is 0 Å². The SMILES string of the molecule is CO[C@@H](c1ccc(N2C(=O)CCc3ccccc32)cc1)[C@@H](C)/C=C/CCn1cc(CCO)nn1. The molecule has 0 bridgehead atoms. The standard InChI is InChI=1S/C27H32N4O3/c1-20(7-5-6-17-30-19-23(16-18-32)28-29-30)27(34-2)22-10-13-24(14-11-22)31-25-9-4-3-8-21(25)12-15-26(31)33/h3-5,7-11,13-14,19-20,27,32H,6,12,15-18H2,1-2H3/b7-5+/t20-,27+/m0/s1. The summed E-state index contributed by atoms with van der Waals surface area (Å²) in [4.78, 5) is 14.5. The summed E-state index contributed by atoms with van der Waals surface area (Å²) >= 11 is 0. The number of nitrogens with zero attached hydrogens (tertiary/aromatic N) is 4. The summed E-state index contributed by atoms with van der Waals surface area (Å²) in [5.41, 5.74) is 4.94. The van der Waals surface area contributed by atoms with E-state index >= 15 is 0 Å². The average Bonchev–Trinajstić information content (AvgIpc) is 3.30. The Morgan fingerprint density at radius 2 is 1.94 bits per heavy atom. The van der Waals surface area contributed by atoms with Gasteiger partial charge in [0.05, 0.1) is 17.5 Å². The maximum atomic E-state index is 12.7. The van der Waals surface area contributed by atoms with Crippen LogP contribution in [0.4, 0.5) is 11.4 Å². The van der Waals surface area contributed by atoms with Gasteiger partial charge in [-0.1, -0.05) is 54.6 Å². The second-order valence-electron chi connectivity index (χ2n) is 8.63. The number of benzene rings is 2. The second-order valence-corrected chi connectivity index (χ2v) is 8.63. The first-order chi connectivity index (χ1) is 16.6. The van der Waals surface area contributed by atoms with E-state index in [4.69, 9.17) is 9.84 Å². The lowest BCUT2D eigenvalue weighted by molar-refractivity contribution is -0.118. The van der Waals surface area contributed by atoms with Crippen molar-refractivity contribution in [1.29, 1.82) is 0 Å². The Morgan fingerprint density at radius 1 is 1.15 bits per heavy atom. The van der Waals surface area contributed by atoms with Crippen molar-refractivity contribution in [3.05, 3.63) is 83.7 Å². The summed E-state index contributed by atoms with van der Waals surface area (Å²) in [7, 11) is 1.73. The van der Waals surface area contributed by atoms with Crippen molar-refractivity contribution >= 4 is 17.3 Å². The van der Waals surface area contributed by atoms with Gasteiger partial charge in [-0.3, -0.25) is 14.4 Å². The fourth-order valence-corrected chi connectivity index (χ4v) is 4.47. The summed E-state index contributed by atoms with van der Waals surface area (Å²) < 4.78 is 7.62. The maximum absolute atomic E-state index is 12.7. The Bertz CT molecular complexity index is 1120. The Kier molecular flexibility index (Phi) is 7.87. The van der Waals surface area contributed by atoms with Crippen LogP contribution in [0, 0.1) is 5.92 Å². The molecule has 34 heavy (non-hydrogen) atoms. The Hall–Kier alpha value is -3.29. The number of aliphatic hydroxyl groups excluding tert-OH is 1. The first-order valence-electron chi connectivity index (χ1n) is 11.8. The largest absolute Gasteiger partial charge is 0.396 e. The van der Waals surface area contributed by atoms with E-state index in [0.29, 0.717) is 12.8 Å². The molecule has 3 aromatic rings. The molecule has 1 N–H and O–H groups in total. The average molecular weight is 461 g/mol. The molecule has 178 valence electrons. The molecule has 0 fully saturated rings. The van der Waals surface area contributed by atoms with Crippen molar-refractivity contribution in [3.63, 3.8) is 0 Å². The number of aryl methyl sites for hydroxylation is 2. The van der Waals surface area contributed by atoms with Crippen LogP contribution in [0.1, 0.15) is 42.7 Å². The number of aliphatic hydroxyl groups is 1. The third-order valence-electron chi connectivity index (χ3n) is 6.22. The van der Waals surface area contributed by atoms with Gasteiger partial charge < -0.3 is 9.84 Å². The number of carbonyl (C=O) groups excluding carboxylic acids is 1. The first kappa shape index (κ1) is 23.9. The van der Waals surface area contributed by atoms with Crippen LogP contribution in [0.3, 0.4) is 0 Å². The van der Waals surface area contributed by atoms with E-state index in [1.165, 1.54) is 5.56 Å². The minimum absolute atomic E-state index is 0.0805. The number of fused-ring (bicyclic) bond motifs is 1. The number of para-hydroxylation sites is 1. The molecule has 2 aromatic carbocycles. The van der Waals surface area contributed by atoms with Crippen LogP contribution in [0.15, 0.2) is 66.9 Å². The molecule has 4 rings (SSSR count). The van der Waals surface area contributed by atoms with Gasteiger partial charge in [0.1, 0.15) is 0 Å². The van der Waals surface area contributed by atoms with E-state index in [2.05, 4.69) is 47.6 Å². The Labute approximate surface area is 200 Å². The molecule has 0 unspecified atom stereocenters. The van der Waals surface area contributed by atoms with E-state index in [1.807, 2.05) is 41.4 Å². The van der Waals surface area contributed by atoms with Crippen LogP contribution in [-0.4, -0.2) is 39.7 Å². The number of methoxy groups -OCH3 is 1. The monoisotopic (exact) mass is 460 g/mol. The molecule has 0 saturated carbocycles. The van der Waals surface area contributed by atoms with Gasteiger partial charge in [0.25, 0.3) is 0 Å². The molecule has 1 amide bonds.